The maximum Gasteiger partial charge on any atom is 0.226 e. The molecule has 2 aliphatic heterocycles. The summed E-state index contributed by atoms with van der Waals surface area (Å²) < 4.78 is 24.3. The van der Waals surface area contributed by atoms with E-state index in [1.165, 1.54) is 5.56 Å². The summed E-state index contributed by atoms with van der Waals surface area (Å²) in [5.74, 6) is 0.229. The quantitative estimate of drug-likeness (QED) is 0.722. The number of carbonyl (C=O) groups is 1. The Morgan fingerprint density at radius 2 is 1.84 bits per heavy atom. The van der Waals surface area contributed by atoms with Gasteiger partial charge in [0.2, 0.25) is 5.91 Å². The van der Waals surface area contributed by atoms with Crippen LogP contribution >= 0.6 is 12.4 Å². The Morgan fingerprint density at radius 3 is 2.52 bits per heavy atom. The lowest BCUT2D eigenvalue weighted by Crippen LogP contribution is -2.60. The zero-order valence-corrected chi connectivity index (χ0v) is 15.8. The summed E-state index contributed by atoms with van der Waals surface area (Å²) in [5.41, 5.74) is 1.25. The molecule has 2 heterocycles. The molecule has 1 aromatic carbocycles. The maximum atomic E-state index is 12.3. The minimum absolute atomic E-state index is 0. The molecule has 0 N–H and O–H groups in total. The fourth-order valence-electron chi connectivity index (χ4n) is 3.77. The van der Waals surface area contributed by atoms with Crippen molar-refractivity contribution in [1.82, 2.24) is 9.80 Å². The molecule has 5 nitrogen and oxygen atoms in total. The number of amides is 1. The van der Waals surface area contributed by atoms with E-state index in [0.717, 1.165) is 19.5 Å². The molecule has 7 heteroatoms. The molecule has 0 unspecified atom stereocenters. The van der Waals surface area contributed by atoms with Gasteiger partial charge in [-0.25, -0.2) is 8.42 Å². The highest BCUT2D eigenvalue weighted by atomic mass is 35.5. The Labute approximate surface area is 156 Å². The largest absolute Gasteiger partial charge is 0.336 e. The number of piperazine rings is 1. The summed E-state index contributed by atoms with van der Waals surface area (Å²) in [4.78, 5) is 16.3. The first kappa shape index (κ1) is 19.9. The number of fused-ring (bicyclic) bond motifs is 1. The van der Waals surface area contributed by atoms with Crippen molar-refractivity contribution in [3.63, 3.8) is 0 Å². The SMILES string of the molecule is C=CCC(=O)N1CCN(CCc2ccccc2)[C@@H]2CS(=O)(=O)C[C@@H]21.Cl. The third kappa shape index (κ3) is 4.63. The number of rotatable bonds is 5. The van der Waals surface area contributed by atoms with Gasteiger partial charge in [0.05, 0.1) is 17.5 Å². The van der Waals surface area contributed by atoms with Gasteiger partial charge in [0.25, 0.3) is 0 Å². The first-order valence-corrected chi connectivity index (χ1v) is 10.2. The second kappa shape index (κ2) is 8.34. The van der Waals surface area contributed by atoms with Gasteiger partial charge < -0.3 is 4.90 Å². The van der Waals surface area contributed by atoms with E-state index in [9.17, 15) is 13.2 Å². The molecule has 138 valence electrons. The third-order valence-electron chi connectivity index (χ3n) is 4.96. The third-order valence-corrected chi connectivity index (χ3v) is 6.66. The lowest BCUT2D eigenvalue weighted by Gasteiger charge is -2.44. The fraction of sp³-hybridized carbons (Fsp3) is 0.500. The van der Waals surface area contributed by atoms with Crippen molar-refractivity contribution in [2.75, 3.05) is 31.1 Å². The van der Waals surface area contributed by atoms with E-state index in [0.29, 0.717) is 6.54 Å². The summed E-state index contributed by atoms with van der Waals surface area (Å²) in [5, 5.41) is 0. The molecular formula is C18H25ClN2O3S. The van der Waals surface area contributed by atoms with Crippen molar-refractivity contribution in [2.45, 2.75) is 24.9 Å². The number of sulfone groups is 1. The molecule has 0 aromatic heterocycles. The summed E-state index contributed by atoms with van der Waals surface area (Å²) in [7, 11) is -3.09. The van der Waals surface area contributed by atoms with Gasteiger partial charge in [0.1, 0.15) is 0 Å². The average molecular weight is 385 g/mol. The van der Waals surface area contributed by atoms with E-state index < -0.39 is 9.84 Å². The van der Waals surface area contributed by atoms with Crippen LogP contribution in [-0.4, -0.2) is 67.3 Å². The molecule has 3 rings (SSSR count). The highest BCUT2D eigenvalue weighted by Gasteiger charge is 2.47. The lowest BCUT2D eigenvalue weighted by atomic mass is 10.0. The van der Waals surface area contributed by atoms with Crippen molar-refractivity contribution < 1.29 is 13.2 Å². The van der Waals surface area contributed by atoms with Crippen molar-refractivity contribution >= 4 is 28.2 Å². The first-order valence-electron chi connectivity index (χ1n) is 8.39. The zero-order valence-electron chi connectivity index (χ0n) is 14.2. The van der Waals surface area contributed by atoms with E-state index in [4.69, 9.17) is 0 Å². The van der Waals surface area contributed by atoms with Crippen molar-refractivity contribution in [3.8, 4) is 0 Å². The highest BCUT2D eigenvalue weighted by Crippen LogP contribution is 2.27. The standard InChI is InChI=1S/C18H24N2O3S.ClH/c1-2-6-18(21)20-12-11-19(10-9-15-7-4-3-5-8-15)16-13-24(22,23)14-17(16)20;/h2-5,7-8,16-17H,1,6,9-14H2;1H/t16-,17+;/m1./s1. The van der Waals surface area contributed by atoms with Gasteiger partial charge in [-0.1, -0.05) is 36.4 Å². The molecule has 25 heavy (non-hydrogen) atoms. The van der Waals surface area contributed by atoms with Gasteiger partial charge in [-0.05, 0) is 12.0 Å². The first-order chi connectivity index (χ1) is 11.5. The van der Waals surface area contributed by atoms with Crippen molar-refractivity contribution in [2.24, 2.45) is 0 Å². The monoisotopic (exact) mass is 384 g/mol. The van der Waals surface area contributed by atoms with Crippen LogP contribution in [0.25, 0.3) is 0 Å². The predicted molar refractivity (Wildman–Crippen MR) is 102 cm³/mol. The summed E-state index contributed by atoms with van der Waals surface area (Å²) in [6.07, 6.45) is 2.75. The number of nitrogens with zero attached hydrogens (tertiary/aromatic N) is 2. The number of carbonyl (C=O) groups excluding carboxylic acids is 1. The van der Waals surface area contributed by atoms with Gasteiger partial charge in [-0.2, -0.15) is 0 Å². The molecule has 0 saturated carbocycles. The van der Waals surface area contributed by atoms with E-state index in [-0.39, 0.29) is 48.3 Å². The average Bonchev–Trinajstić information content (AvgIpc) is 2.88. The Morgan fingerprint density at radius 1 is 1.16 bits per heavy atom. The predicted octanol–water partition coefficient (Wildman–Crippen LogP) is 1.54. The van der Waals surface area contributed by atoms with Gasteiger partial charge in [-0.15, -0.1) is 19.0 Å². The van der Waals surface area contributed by atoms with Gasteiger partial charge >= 0.3 is 0 Å². The van der Waals surface area contributed by atoms with E-state index >= 15 is 0 Å². The van der Waals surface area contributed by atoms with Gasteiger partial charge in [-0.3, -0.25) is 9.69 Å². The lowest BCUT2D eigenvalue weighted by molar-refractivity contribution is -0.136. The molecular weight excluding hydrogens is 360 g/mol. The van der Waals surface area contributed by atoms with Gasteiger partial charge in [0.15, 0.2) is 9.84 Å². The van der Waals surface area contributed by atoms with Crippen LogP contribution in [-0.2, 0) is 21.1 Å². The Hall–Kier alpha value is -1.37. The Bertz CT molecular complexity index is 708. The number of hydrogen-bond acceptors (Lipinski definition) is 4. The van der Waals surface area contributed by atoms with Gasteiger partial charge in [0, 0.05) is 32.1 Å². The number of halogens is 1. The molecule has 0 aliphatic carbocycles. The highest BCUT2D eigenvalue weighted by molar-refractivity contribution is 7.91. The molecule has 2 saturated heterocycles. The van der Waals surface area contributed by atoms with E-state index in [1.807, 2.05) is 18.2 Å². The molecule has 1 aromatic rings. The Balaban J connectivity index is 0.00000225. The van der Waals surface area contributed by atoms with Crippen molar-refractivity contribution in [3.05, 3.63) is 48.6 Å². The minimum Gasteiger partial charge on any atom is -0.336 e. The Kier molecular flexibility index (Phi) is 6.65. The minimum atomic E-state index is -3.09. The summed E-state index contributed by atoms with van der Waals surface area (Å²) in [6, 6.07) is 9.91. The second-order valence-corrected chi connectivity index (χ2v) is 8.72. The number of benzene rings is 1. The van der Waals surface area contributed by atoms with Crippen LogP contribution < -0.4 is 0 Å². The molecule has 1 amide bonds. The van der Waals surface area contributed by atoms with Crippen LogP contribution in [0.3, 0.4) is 0 Å². The second-order valence-electron chi connectivity index (χ2n) is 6.56. The van der Waals surface area contributed by atoms with E-state index in [1.54, 1.807) is 11.0 Å². The molecule has 0 spiro atoms. The zero-order chi connectivity index (χ0) is 17.2. The van der Waals surface area contributed by atoms with E-state index in [2.05, 4.69) is 23.6 Å². The molecule has 2 aliphatic rings. The molecule has 0 radical (unpaired) electrons. The maximum absolute atomic E-state index is 12.3. The van der Waals surface area contributed by atoms with Crippen LogP contribution in [0, 0.1) is 0 Å². The summed E-state index contributed by atoms with van der Waals surface area (Å²) >= 11 is 0. The van der Waals surface area contributed by atoms with Crippen LogP contribution in [0.5, 0.6) is 0 Å². The fourth-order valence-corrected chi connectivity index (χ4v) is 5.78. The van der Waals surface area contributed by atoms with Crippen LogP contribution in [0.15, 0.2) is 43.0 Å². The van der Waals surface area contributed by atoms with Crippen LogP contribution in [0.1, 0.15) is 12.0 Å². The summed E-state index contributed by atoms with van der Waals surface area (Å²) in [6.45, 7) is 5.76. The topological polar surface area (TPSA) is 57.7 Å². The van der Waals surface area contributed by atoms with Crippen molar-refractivity contribution in [1.29, 1.82) is 0 Å². The molecule has 0 bridgehead atoms. The van der Waals surface area contributed by atoms with Crippen LogP contribution in [0.4, 0.5) is 0 Å². The van der Waals surface area contributed by atoms with Crippen LogP contribution in [0.2, 0.25) is 0 Å². The molecule has 2 fully saturated rings. The smallest absolute Gasteiger partial charge is 0.226 e. The number of hydrogen-bond donors (Lipinski definition) is 0. The molecule has 2 atom stereocenters. The normalized spacial score (nSPS) is 25.0.